The smallest absolute Gasteiger partial charge is 0.744 e. The third-order valence-electron chi connectivity index (χ3n) is 8.47. The van der Waals surface area contributed by atoms with Crippen molar-refractivity contribution in [2.75, 3.05) is 14.2 Å². The minimum atomic E-state index is -5.41. The Labute approximate surface area is 462 Å². The maximum Gasteiger partial charge on any atom is 1.00 e. The number of methoxy groups -OCH3 is 2. The van der Waals surface area contributed by atoms with Crippen LogP contribution in [0.25, 0.3) is 32.7 Å². The monoisotopic (exact) mass is 1030 g/mol. The van der Waals surface area contributed by atoms with Crippen molar-refractivity contribution in [2.24, 2.45) is 20.5 Å². The molecular formula is C34H20Cl2N4Na4O16S4. The fraction of sp³-hybridized carbons (Fsp3) is 0.0588. The first kappa shape index (κ1) is 58.6. The van der Waals surface area contributed by atoms with E-state index in [0.717, 1.165) is 24.3 Å². The minimum absolute atomic E-state index is 0. The van der Waals surface area contributed by atoms with Gasteiger partial charge in [0, 0.05) is 10.8 Å². The Morgan fingerprint density at radius 2 is 0.812 bits per heavy atom. The molecule has 6 aromatic carbocycles. The van der Waals surface area contributed by atoms with Crippen molar-refractivity contribution >= 4 is 108 Å². The maximum absolute atomic E-state index is 12.2. The molecule has 64 heavy (non-hydrogen) atoms. The van der Waals surface area contributed by atoms with E-state index in [1.54, 1.807) is 0 Å². The van der Waals surface area contributed by atoms with Gasteiger partial charge in [0.25, 0.3) is 0 Å². The van der Waals surface area contributed by atoms with Crippen LogP contribution in [0, 0.1) is 0 Å². The van der Waals surface area contributed by atoms with Crippen LogP contribution >= 0.6 is 23.2 Å². The van der Waals surface area contributed by atoms with Crippen molar-refractivity contribution in [1.29, 1.82) is 0 Å². The number of phenolic OH excluding ortho intramolecular Hbond substituents is 2. The molecule has 2 N–H and O–H groups in total. The molecule has 0 aliphatic rings. The molecule has 6 aromatic rings. The topological polar surface area (TPSA) is 337 Å². The third-order valence-corrected chi connectivity index (χ3v) is 12.4. The normalized spacial score (nSPS) is 12.1. The van der Waals surface area contributed by atoms with E-state index in [1.807, 2.05) is 0 Å². The summed E-state index contributed by atoms with van der Waals surface area (Å²) in [6.45, 7) is 0. The van der Waals surface area contributed by atoms with Crippen LogP contribution in [0.1, 0.15) is 0 Å². The summed E-state index contributed by atoms with van der Waals surface area (Å²) in [5.41, 5.74) is -0.974. The number of hydrogen-bond donors (Lipinski definition) is 2. The van der Waals surface area contributed by atoms with Gasteiger partial charge >= 0.3 is 118 Å². The molecule has 0 fully saturated rings. The van der Waals surface area contributed by atoms with E-state index in [2.05, 4.69) is 20.5 Å². The van der Waals surface area contributed by atoms with E-state index >= 15 is 0 Å². The van der Waals surface area contributed by atoms with Gasteiger partial charge in [-0.1, -0.05) is 35.3 Å². The molecule has 20 nitrogen and oxygen atoms in total. The summed E-state index contributed by atoms with van der Waals surface area (Å²) in [5.74, 6) is -1.90. The van der Waals surface area contributed by atoms with Gasteiger partial charge in [0.05, 0.1) is 43.8 Å². The first-order valence-electron chi connectivity index (χ1n) is 15.9. The molecule has 0 amide bonds. The molecule has 0 saturated heterocycles. The predicted molar refractivity (Wildman–Crippen MR) is 206 cm³/mol. The van der Waals surface area contributed by atoms with Crippen LogP contribution in [0.5, 0.6) is 23.0 Å². The van der Waals surface area contributed by atoms with Crippen molar-refractivity contribution in [3.05, 3.63) is 82.8 Å². The van der Waals surface area contributed by atoms with E-state index in [0.29, 0.717) is 23.3 Å². The molecule has 0 saturated carbocycles. The Morgan fingerprint density at radius 1 is 0.484 bits per heavy atom. The summed E-state index contributed by atoms with van der Waals surface area (Å²) in [6, 6.07) is 12.8. The van der Waals surface area contributed by atoms with Gasteiger partial charge in [-0.25, -0.2) is 33.7 Å². The molecule has 0 heterocycles. The third kappa shape index (κ3) is 12.6. The van der Waals surface area contributed by atoms with Gasteiger partial charge in [-0.2, -0.15) is 0 Å². The number of azo groups is 2. The van der Waals surface area contributed by atoms with E-state index in [-0.39, 0.29) is 163 Å². The SMILES string of the molecule is COc1cc(-c2ccc(N=Nc3c(S(=O)(=O)[O-])cc4cc(S(=O)(=O)[O-])cc(Cl)c4c3O)c(OC)c2)ccc1N=Nc1c(S(=O)(=O)[O-])cc2cc(S(=O)(=O)[O-])cc(Cl)c2c1O.[Na+].[Na+].[Na+].[Na+]. The Morgan fingerprint density at radius 3 is 1.09 bits per heavy atom. The van der Waals surface area contributed by atoms with Gasteiger partial charge in [0.2, 0.25) is 0 Å². The van der Waals surface area contributed by atoms with Crippen molar-refractivity contribution in [3.63, 3.8) is 0 Å². The van der Waals surface area contributed by atoms with E-state index < -0.39 is 93.0 Å². The van der Waals surface area contributed by atoms with Gasteiger partial charge in [0.15, 0.2) is 11.5 Å². The number of halogens is 2. The van der Waals surface area contributed by atoms with Gasteiger partial charge in [-0.15, -0.1) is 20.5 Å². The molecule has 0 aliphatic heterocycles. The standard InChI is InChI=1S/C34H24Cl2N4O16S4.4Na/c1-55-25-9-15(3-5-23(25)37-39-31-27(59(49,50)51)11-17-7-19(57(43,44)45)13-21(35)29(17)33(31)41)16-4-6-24(26(10-16)56-2)38-40-32-28(60(52,53)54)12-18-8-20(58(46,47)48)14-22(36)30(18)34(32)42;;;;/h3-14,41-42H,1-2H3,(H,43,44,45)(H,46,47,48)(H,49,50,51)(H,52,53,54);;;;/q;4*+1/p-4. The Bertz CT molecular complexity index is 3150. The van der Waals surface area contributed by atoms with Crippen molar-refractivity contribution in [1.82, 2.24) is 0 Å². The van der Waals surface area contributed by atoms with Crippen molar-refractivity contribution in [3.8, 4) is 34.1 Å². The van der Waals surface area contributed by atoms with Gasteiger partial charge in [-0.05, 0) is 82.6 Å². The van der Waals surface area contributed by atoms with E-state index in [4.69, 9.17) is 32.7 Å². The maximum atomic E-state index is 12.2. The van der Waals surface area contributed by atoms with Crippen LogP contribution in [-0.2, 0) is 40.5 Å². The summed E-state index contributed by atoms with van der Waals surface area (Å²) in [7, 11) is -18.5. The van der Waals surface area contributed by atoms with Crippen molar-refractivity contribution in [2.45, 2.75) is 19.6 Å². The van der Waals surface area contributed by atoms with Crippen LogP contribution in [-0.4, -0.2) is 76.3 Å². The minimum Gasteiger partial charge on any atom is -0.744 e. The van der Waals surface area contributed by atoms with Gasteiger partial charge < -0.3 is 37.9 Å². The Kier molecular flexibility index (Phi) is 20.4. The summed E-state index contributed by atoms with van der Waals surface area (Å²) >= 11 is 12.2. The van der Waals surface area contributed by atoms with Crippen LogP contribution in [0.4, 0.5) is 22.7 Å². The number of nitrogens with zero attached hydrogens (tertiary/aromatic N) is 4. The van der Waals surface area contributed by atoms with Gasteiger partial charge in [0.1, 0.15) is 74.7 Å². The second-order valence-corrected chi connectivity index (χ2v) is 18.4. The number of benzene rings is 6. The van der Waals surface area contributed by atoms with E-state index in [9.17, 15) is 62.1 Å². The largest absolute Gasteiger partial charge is 1.00 e. The van der Waals surface area contributed by atoms with Crippen LogP contribution in [0.15, 0.2) is 113 Å². The Hall–Kier alpha value is -1.54. The molecule has 314 valence electrons. The van der Waals surface area contributed by atoms with Crippen LogP contribution in [0.2, 0.25) is 10.0 Å². The molecule has 30 heteroatoms. The molecule has 0 bridgehead atoms. The molecule has 0 spiro atoms. The fourth-order valence-corrected chi connectivity index (χ4v) is 8.89. The Balaban J connectivity index is 0.00000352. The van der Waals surface area contributed by atoms with Crippen LogP contribution in [0.3, 0.4) is 0 Å². The van der Waals surface area contributed by atoms with Crippen molar-refractivity contribution < 1.29 is 190 Å². The number of phenols is 2. The molecule has 6 rings (SSSR count). The van der Waals surface area contributed by atoms with Gasteiger partial charge in [-0.3, -0.25) is 0 Å². The summed E-state index contributed by atoms with van der Waals surface area (Å²) < 4.78 is 153. The average molecular weight is 1030 g/mol. The number of fused-ring (bicyclic) bond motifs is 2. The molecule has 0 aromatic heterocycles. The first-order valence-corrected chi connectivity index (χ1v) is 22.2. The molecule has 0 unspecified atom stereocenters. The molecule has 0 aliphatic carbocycles. The number of hydrogen-bond acceptors (Lipinski definition) is 20. The average Bonchev–Trinajstić information content (AvgIpc) is 3.14. The summed E-state index contributed by atoms with van der Waals surface area (Å²) in [6.07, 6.45) is 0. The number of ether oxygens (including phenoxy) is 2. The fourth-order valence-electron chi connectivity index (χ4n) is 5.77. The number of aromatic hydroxyl groups is 2. The number of rotatable bonds is 11. The van der Waals surface area contributed by atoms with E-state index in [1.165, 1.54) is 50.6 Å². The second kappa shape index (κ2) is 22.3. The zero-order chi connectivity index (χ0) is 44.3. The summed E-state index contributed by atoms with van der Waals surface area (Å²) in [5, 5.41) is 35.0. The molecule has 0 atom stereocenters. The molecule has 0 radical (unpaired) electrons. The summed E-state index contributed by atoms with van der Waals surface area (Å²) in [4.78, 5) is -3.95. The quantitative estimate of drug-likeness (QED) is 0.0696. The predicted octanol–water partition coefficient (Wildman–Crippen LogP) is -5.14. The zero-order valence-corrected chi connectivity index (χ0v) is 46.5. The molecular weight excluding hydrogens is 1010 g/mol. The second-order valence-electron chi connectivity index (χ2n) is 12.1. The zero-order valence-electron chi connectivity index (χ0n) is 33.7. The first-order chi connectivity index (χ1) is 27.8. The van der Waals surface area contributed by atoms with Crippen LogP contribution < -0.4 is 128 Å².